The Morgan fingerprint density at radius 2 is 2.29 bits per heavy atom. The molecule has 0 atom stereocenters. The number of anilines is 1. The molecule has 7 heteroatoms. The molecule has 7 nitrogen and oxygen atoms in total. The molecule has 0 saturated heterocycles. The first kappa shape index (κ1) is 9.88. The van der Waals surface area contributed by atoms with Crippen LogP contribution in [0.3, 0.4) is 0 Å². The number of hydrogen-bond donors (Lipinski definition) is 2. The minimum Gasteiger partial charge on any atom is -0.383 e. The van der Waals surface area contributed by atoms with Crippen LogP contribution in [0.25, 0.3) is 22.4 Å². The third kappa shape index (κ3) is 1.25. The van der Waals surface area contributed by atoms with Crippen LogP contribution in [-0.4, -0.2) is 29.8 Å². The molecular formula is C10H13N7. The lowest BCUT2D eigenvalue weighted by molar-refractivity contribution is 0.672. The van der Waals surface area contributed by atoms with Gasteiger partial charge in [-0.1, -0.05) is 0 Å². The number of nitrogens with one attached hydrogen (secondary N) is 1. The van der Waals surface area contributed by atoms with Crippen LogP contribution >= 0.6 is 0 Å². The topological polar surface area (TPSA) is 90.3 Å². The van der Waals surface area contributed by atoms with Crippen molar-refractivity contribution in [2.75, 3.05) is 5.73 Å². The molecule has 0 aromatic carbocycles. The number of H-pyrrole nitrogens is 1. The molecule has 17 heavy (non-hydrogen) atoms. The van der Waals surface area contributed by atoms with Crippen molar-refractivity contribution in [3.05, 3.63) is 12.3 Å². The van der Waals surface area contributed by atoms with Crippen molar-refractivity contribution in [1.29, 1.82) is 0 Å². The first-order valence-corrected chi connectivity index (χ1v) is 5.41. The summed E-state index contributed by atoms with van der Waals surface area (Å²) < 4.78 is 3.60. The summed E-state index contributed by atoms with van der Waals surface area (Å²) in [7, 11) is 1.88. The summed E-state index contributed by atoms with van der Waals surface area (Å²) in [4.78, 5) is 0. The fraction of sp³-hybridized carbons (Fsp3) is 0.300. The molecule has 0 amide bonds. The van der Waals surface area contributed by atoms with E-state index in [1.54, 1.807) is 10.9 Å². The maximum atomic E-state index is 5.90. The van der Waals surface area contributed by atoms with Crippen LogP contribution in [0.4, 0.5) is 5.82 Å². The van der Waals surface area contributed by atoms with Gasteiger partial charge in [-0.15, -0.1) is 0 Å². The van der Waals surface area contributed by atoms with E-state index in [1.807, 2.05) is 24.7 Å². The zero-order valence-corrected chi connectivity index (χ0v) is 9.68. The first-order chi connectivity index (χ1) is 8.22. The second-order valence-corrected chi connectivity index (χ2v) is 3.84. The van der Waals surface area contributed by atoms with Gasteiger partial charge in [0, 0.05) is 19.8 Å². The highest BCUT2D eigenvalue weighted by Gasteiger charge is 2.18. The van der Waals surface area contributed by atoms with Crippen LogP contribution in [0.2, 0.25) is 0 Å². The summed E-state index contributed by atoms with van der Waals surface area (Å²) in [5.74, 6) is 0.538. The van der Waals surface area contributed by atoms with Crippen LogP contribution < -0.4 is 5.73 Å². The van der Waals surface area contributed by atoms with E-state index in [0.29, 0.717) is 5.82 Å². The number of nitrogens with zero attached hydrogens (tertiary/aromatic N) is 5. The number of hydrogen-bond acceptors (Lipinski definition) is 4. The Hall–Kier alpha value is -2.31. The summed E-state index contributed by atoms with van der Waals surface area (Å²) in [6.07, 6.45) is 1.74. The Labute approximate surface area is 97.2 Å². The number of fused-ring (bicyclic) bond motifs is 1. The van der Waals surface area contributed by atoms with Gasteiger partial charge in [-0.2, -0.15) is 15.3 Å². The lowest BCUT2D eigenvalue weighted by Gasteiger charge is -1.98. The number of nitrogens with two attached hydrogens (primary N) is 1. The van der Waals surface area contributed by atoms with Gasteiger partial charge in [-0.05, 0) is 13.0 Å². The average molecular weight is 231 g/mol. The summed E-state index contributed by atoms with van der Waals surface area (Å²) in [5.41, 5.74) is 8.42. The molecule has 88 valence electrons. The second-order valence-electron chi connectivity index (χ2n) is 3.84. The first-order valence-electron chi connectivity index (χ1n) is 5.41. The monoisotopic (exact) mass is 231 g/mol. The highest BCUT2D eigenvalue weighted by atomic mass is 15.4. The van der Waals surface area contributed by atoms with E-state index in [-0.39, 0.29) is 0 Å². The van der Waals surface area contributed by atoms with Gasteiger partial charge in [-0.3, -0.25) is 9.78 Å². The quantitative estimate of drug-likeness (QED) is 0.681. The molecule has 0 fully saturated rings. The third-order valence-electron chi connectivity index (χ3n) is 2.84. The standard InChI is InChI=1S/C10H13N7/c1-3-17-10-7(9(11)13-14-10)8(15-17)6-4-5-12-16(6)2/h4-5H,3H2,1-2H3,(H3,11,13,14). The fourth-order valence-electron chi connectivity index (χ4n) is 1.99. The van der Waals surface area contributed by atoms with Gasteiger partial charge in [0.05, 0.1) is 11.1 Å². The van der Waals surface area contributed by atoms with Crippen molar-refractivity contribution in [2.24, 2.45) is 7.05 Å². The van der Waals surface area contributed by atoms with Gasteiger partial charge in [0.2, 0.25) is 0 Å². The maximum Gasteiger partial charge on any atom is 0.182 e. The van der Waals surface area contributed by atoms with E-state index in [9.17, 15) is 0 Å². The predicted octanol–water partition coefficient (Wildman–Crippen LogP) is 0.762. The van der Waals surface area contributed by atoms with Gasteiger partial charge >= 0.3 is 0 Å². The third-order valence-corrected chi connectivity index (χ3v) is 2.84. The van der Waals surface area contributed by atoms with Crippen molar-refractivity contribution >= 4 is 16.9 Å². The van der Waals surface area contributed by atoms with Crippen molar-refractivity contribution in [2.45, 2.75) is 13.5 Å². The largest absolute Gasteiger partial charge is 0.383 e. The van der Waals surface area contributed by atoms with Crippen molar-refractivity contribution in [3.63, 3.8) is 0 Å². The summed E-state index contributed by atoms with van der Waals surface area (Å²) in [5, 5.41) is 16.5. The number of aromatic amines is 1. The molecule has 0 unspecified atom stereocenters. The molecule has 0 radical (unpaired) electrons. The molecule has 0 bridgehead atoms. The molecule has 0 aliphatic carbocycles. The Morgan fingerprint density at radius 3 is 2.94 bits per heavy atom. The highest BCUT2D eigenvalue weighted by molar-refractivity contribution is 5.98. The van der Waals surface area contributed by atoms with Gasteiger partial charge in [0.25, 0.3) is 0 Å². The summed E-state index contributed by atoms with van der Waals surface area (Å²) >= 11 is 0. The van der Waals surface area contributed by atoms with Gasteiger partial charge in [-0.25, -0.2) is 4.68 Å². The molecule has 3 rings (SSSR count). The van der Waals surface area contributed by atoms with E-state index in [1.165, 1.54) is 0 Å². The minimum absolute atomic E-state index is 0.538. The number of aryl methyl sites for hydroxylation is 2. The minimum atomic E-state index is 0.538. The number of rotatable bonds is 2. The van der Waals surface area contributed by atoms with Crippen LogP contribution in [0.1, 0.15) is 6.92 Å². The van der Waals surface area contributed by atoms with Crippen molar-refractivity contribution in [3.8, 4) is 11.4 Å². The zero-order chi connectivity index (χ0) is 12.0. The van der Waals surface area contributed by atoms with Crippen molar-refractivity contribution in [1.82, 2.24) is 29.8 Å². The second kappa shape index (κ2) is 3.34. The Morgan fingerprint density at radius 1 is 1.47 bits per heavy atom. The summed E-state index contributed by atoms with van der Waals surface area (Å²) in [6, 6.07) is 1.91. The van der Waals surface area contributed by atoms with E-state index >= 15 is 0 Å². The van der Waals surface area contributed by atoms with E-state index in [4.69, 9.17) is 5.73 Å². The van der Waals surface area contributed by atoms with E-state index in [2.05, 4.69) is 20.4 Å². The van der Waals surface area contributed by atoms with Crippen molar-refractivity contribution < 1.29 is 0 Å². The molecule has 0 aliphatic rings. The van der Waals surface area contributed by atoms with Crippen LogP contribution in [0, 0.1) is 0 Å². The zero-order valence-electron chi connectivity index (χ0n) is 9.68. The Bertz CT molecular complexity index is 672. The van der Waals surface area contributed by atoms with Crippen LogP contribution in [0.5, 0.6) is 0 Å². The number of aromatic nitrogens is 6. The van der Waals surface area contributed by atoms with Gasteiger partial charge in [0.15, 0.2) is 5.65 Å². The summed E-state index contributed by atoms with van der Waals surface area (Å²) in [6.45, 7) is 2.77. The molecule has 0 saturated carbocycles. The maximum absolute atomic E-state index is 5.90. The normalized spacial score (nSPS) is 11.4. The van der Waals surface area contributed by atoms with E-state index in [0.717, 1.165) is 29.0 Å². The predicted molar refractivity (Wildman–Crippen MR) is 64.2 cm³/mol. The Kier molecular flexibility index (Phi) is 1.94. The van der Waals surface area contributed by atoms with Gasteiger partial charge in [0.1, 0.15) is 11.5 Å². The molecule has 3 N–H and O–H groups in total. The lowest BCUT2D eigenvalue weighted by Crippen LogP contribution is -1.99. The molecule has 3 heterocycles. The van der Waals surface area contributed by atoms with Crippen LogP contribution in [0.15, 0.2) is 12.3 Å². The Balaban J connectivity index is 2.36. The molecular weight excluding hydrogens is 218 g/mol. The van der Waals surface area contributed by atoms with E-state index < -0.39 is 0 Å². The smallest absolute Gasteiger partial charge is 0.182 e. The molecule has 3 aromatic rings. The number of nitrogen functional groups attached to an aromatic ring is 1. The van der Waals surface area contributed by atoms with Crippen LogP contribution in [-0.2, 0) is 13.6 Å². The lowest BCUT2D eigenvalue weighted by atomic mass is 10.2. The highest BCUT2D eigenvalue weighted by Crippen LogP contribution is 2.29. The van der Waals surface area contributed by atoms with Gasteiger partial charge < -0.3 is 5.73 Å². The molecule has 3 aromatic heterocycles. The fourth-order valence-corrected chi connectivity index (χ4v) is 1.99. The molecule has 0 aliphatic heterocycles. The molecule has 0 spiro atoms. The SMILES string of the molecule is CCn1nc(-c2ccnn2C)c2c(N)[nH]nc21. The average Bonchev–Trinajstić information content (AvgIpc) is 2.96.